The molecule has 0 heterocycles. The lowest BCUT2D eigenvalue weighted by Crippen LogP contribution is -2.30. The van der Waals surface area contributed by atoms with Crippen molar-refractivity contribution < 1.29 is 80.2 Å². The van der Waals surface area contributed by atoms with E-state index in [-0.39, 0.29) is 25.7 Å². The molecule has 0 aliphatic carbocycles. The average Bonchev–Trinajstić information content (AvgIpc) is 1.30. The molecule has 0 aliphatic heterocycles. The van der Waals surface area contributed by atoms with E-state index in [2.05, 4.69) is 48.5 Å². The minimum atomic E-state index is -4.96. The maximum atomic E-state index is 13.1. The van der Waals surface area contributed by atoms with Crippen LogP contribution in [0.4, 0.5) is 0 Å². The number of phosphoric ester groups is 2. The molecule has 19 heteroatoms. The van der Waals surface area contributed by atoms with Gasteiger partial charge in [-0.05, 0) is 43.4 Å². The number of ether oxygens (including phenoxy) is 4. The van der Waals surface area contributed by atoms with Crippen molar-refractivity contribution in [2.24, 2.45) is 17.8 Å². The number of phosphoric acid groups is 2. The summed E-state index contributed by atoms with van der Waals surface area (Å²) in [5.74, 6) is 0.287. The second-order valence-electron chi connectivity index (χ2n) is 29.4. The van der Waals surface area contributed by atoms with E-state index < -0.39 is 97.5 Å². The van der Waals surface area contributed by atoms with E-state index in [9.17, 15) is 43.2 Å². The summed E-state index contributed by atoms with van der Waals surface area (Å²) < 4.78 is 68.7. The molecule has 582 valence electrons. The van der Waals surface area contributed by atoms with Gasteiger partial charge >= 0.3 is 39.5 Å². The number of aliphatic hydroxyl groups is 1. The highest BCUT2D eigenvalue weighted by molar-refractivity contribution is 7.47. The van der Waals surface area contributed by atoms with Crippen LogP contribution in [0.2, 0.25) is 0 Å². The quantitative estimate of drug-likeness (QED) is 0.0222. The molecule has 0 bridgehead atoms. The third-order valence-corrected chi connectivity index (χ3v) is 21.0. The van der Waals surface area contributed by atoms with Crippen molar-refractivity contribution in [2.45, 2.75) is 426 Å². The molecule has 0 spiro atoms. The first-order valence-corrected chi connectivity index (χ1v) is 43.9. The minimum Gasteiger partial charge on any atom is -0.462 e. The van der Waals surface area contributed by atoms with Gasteiger partial charge in [0.1, 0.15) is 19.3 Å². The van der Waals surface area contributed by atoms with E-state index in [1.54, 1.807) is 0 Å². The predicted octanol–water partition coefficient (Wildman–Crippen LogP) is 23.4. The summed E-state index contributed by atoms with van der Waals surface area (Å²) >= 11 is 0. The van der Waals surface area contributed by atoms with Gasteiger partial charge in [-0.1, -0.05) is 357 Å². The molecule has 0 aromatic heterocycles. The Morgan fingerprint density at radius 3 is 0.776 bits per heavy atom. The number of carbonyl (C=O) groups excluding carboxylic acids is 4. The van der Waals surface area contributed by atoms with Crippen LogP contribution in [-0.4, -0.2) is 96.7 Å². The Hall–Kier alpha value is -1.94. The Morgan fingerprint density at radius 1 is 0.296 bits per heavy atom. The first-order chi connectivity index (χ1) is 47.3. The van der Waals surface area contributed by atoms with Gasteiger partial charge in [0.05, 0.1) is 26.4 Å². The highest BCUT2D eigenvalue weighted by Crippen LogP contribution is 2.45. The zero-order chi connectivity index (χ0) is 72.3. The molecule has 3 N–H and O–H groups in total. The second kappa shape index (κ2) is 69.4. The first-order valence-electron chi connectivity index (χ1n) is 40.9. The van der Waals surface area contributed by atoms with E-state index in [0.717, 1.165) is 108 Å². The molecule has 0 fully saturated rings. The molecular formula is C79H154O17P2. The zero-order valence-electron chi connectivity index (χ0n) is 64.3. The number of esters is 4. The zero-order valence-corrected chi connectivity index (χ0v) is 66.0. The van der Waals surface area contributed by atoms with E-state index in [0.29, 0.717) is 25.7 Å². The van der Waals surface area contributed by atoms with Gasteiger partial charge in [-0.2, -0.15) is 0 Å². The van der Waals surface area contributed by atoms with Gasteiger partial charge < -0.3 is 33.8 Å². The number of aliphatic hydroxyl groups excluding tert-OH is 1. The third-order valence-electron chi connectivity index (χ3n) is 19.1. The van der Waals surface area contributed by atoms with Gasteiger partial charge in [-0.3, -0.25) is 37.3 Å². The summed E-state index contributed by atoms with van der Waals surface area (Å²) in [7, 11) is -9.92. The summed E-state index contributed by atoms with van der Waals surface area (Å²) in [5, 5.41) is 10.6. The minimum absolute atomic E-state index is 0.107. The molecule has 4 unspecified atom stereocenters. The van der Waals surface area contributed by atoms with Crippen LogP contribution in [0.5, 0.6) is 0 Å². The van der Waals surface area contributed by atoms with Crippen LogP contribution < -0.4 is 0 Å². The van der Waals surface area contributed by atoms with E-state index in [1.807, 2.05) is 0 Å². The summed E-state index contributed by atoms with van der Waals surface area (Å²) in [4.78, 5) is 73.0. The van der Waals surface area contributed by atoms with Crippen molar-refractivity contribution >= 4 is 39.5 Å². The Labute approximate surface area is 600 Å². The van der Waals surface area contributed by atoms with Crippen LogP contribution in [0.1, 0.15) is 408 Å². The Balaban J connectivity index is 5.27. The van der Waals surface area contributed by atoms with Crippen LogP contribution >= 0.6 is 15.6 Å². The van der Waals surface area contributed by atoms with Crippen LogP contribution in [0.3, 0.4) is 0 Å². The average molecular weight is 1440 g/mol. The standard InChI is InChI=1S/C79H154O17P2/c1-8-11-12-13-14-15-16-17-21-24-33-41-48-55-62-78(83)96-75(67-90-77(82)61-54-47-40-35-28-29-36-43-50-57-70(4)5)69-94-98(87,88)92-65-73(80)64-91-97(85,86)93-68-74(66-89-76(81)60-53-46-39-32-27-26-31-38-45-52-59-72(7)10-3)95-79(84)63-56-49-42-34-25-22-19-18-20-23-30-37-44-51-58-71(6)9-2/h70-75,80H,8-69H2,1-7H3,(H,85,86)(H,87,88)/t71?,72?,73-,74-,75-/m1/s1. The first kappa shape index (κ1) is 96.1. The van der Waals surface area contributed by atoms with Gasteiger partial charge in [0.15, 0.2) is 12.2 Å². The van der Waals surface area contributed by atoms with Crippen molar-refractivity contribution in [1.82, 2.24) is 0 Å². The summed E-state index contributed by atoms with van der Waals surface area (Å²) in [6, 6.07) is 0. The normalized spacial score (nSPS) is 14.6. The SMILES string of the molecule is CCCCCCCCCCCCCCCCC(=O)O[C@H](COC(=O)CCCCCCCCCCCC(C)C)COP(=O)(O)OC[C@H](O)COP(=O)(O)OC[C@@H](COC(=O)CCCCCCCCCCCCC(C)CC)OC(=O)CCCCCCCCCCCCCCCCC(C)CC. The van der Waals surface area contributed by atoms with E-state index in [4.69, 9.17) is 37.0 Å². The van der Waals surface area contributed by atoms with Gasteiger partial charge in [0, 0.05) is 25.7 Å². The largest absolute Gasteiger partial charge is 0.472 e. The van der Waals surface area contributed by atoms with Gasteiger partial charge in [0.25, 0.3) is 0 Å². The topological polar surface area (TPSA) is 237 Å². The fraction of sp³-hybridized carbons (Fsp3) is 0.949. The molecule has 0 saturated heterocycles. The predicted molar refractivity (Wildman–Crippen MR) is 400 cm³/mol. The number of hydrogen-bond acceptors (Lipinski definition) is 15. The number of hydrogen-bond donors (Lipinski definition) is 3. The lowest BCUT2D eigenvalue weighted by molar-refractivity contribution is -0.161. The maximum Gasteiger partial charge on any atom is 0.472 e. The Bertz CT molecular complexity index is 1910. The van der Waals surface area contributed by atoms with Crippen LogP contribution in [0.15, 0.2) is 0 Å². The fourth-order valence-electron chi connectivity index (χ4n) is 12.1. The van der Waals surface area contributed by atoms with Crippen molar-refractivity contribution in [2.75, 3.05) is 39.6 Å². The monoisotopic (exact) mass is 1440 g/mol. The smallest absolute Gasteiger partial charge is 0.462 e. The van der Waals surface area contributed by atoms with Gasteiger partial charge in [-0.15, -0.1) is 0 Å². The van der Waals surface area contributed by atoms with Crippen molar-refractivity contribution in [3.05, 3.63) is 0 Å². The second-order valence-corrected chi connectivity index (χ2v) is 32.3. The molecule has 0 radical (unpaired) electrons. The van der Waals surface area contributed by atoms with Gasteiger partial charge in [0.2, 0.25) is 0 Å². The van der Waals surface area contributed by atoms with Crippen LogP contribution in [0.25, 0.3) is 0 Å². The highest BCUT2D eigenvalue weighted by Gasteiger charge is 2.30. The molecule has 7 atom stereocenters. The molecular weight excluding hydrogens is 1280 g/mol. The van der Waals surface area contributed by atoms with Crippen molar-refractivity contribution in [3.63, 3.8) is 0 Å². The number of unbranched alkanes of at least 4 members (excludes halogenated alkanes) is 43. The molecule has 0 aliphatic rings. The summed E-state index contributed by atoms with van der Waals surface area (Å²) in [6.07, 6.45) is 56.6. The number of carbonyl (C=O) groups is 4. The molecule has 98 heavy (non-hydrogen) atoms. The van der Waals surface area contributed by atoms with Crippen LogP contribution in [0, 0.1) is 17.8 Å². The molecule has 0 aromatic rings. The highest BCUT2D eigenvalue weighted by atomic mass is 31.2. The lowest BCUT2D eigenvalue weighted by atomic mass is 9.99. The molecule has 0 aromatic carbocycles. The Kier molecular flexibility index (Phi) is 68.1. The van der Waals surface area contributed by atoms with Crippen molar-refractivity contribution in [1.29, 1.82) is 0 Å². The Morgan fingerprint density at radius 2 is 0.520 bits per heavy atom. The molecule has 0 rings (SSSR count). The molecule has 0 amide bonds. The third kappa shape index (κ3) is 69.8. The van der Waals surface area contributed by atoms with Crippen molar-refractivity contribution in [3.8, 4) is 0 Å². The summed E-state index contributed by atoms with van der Waals surface area (Å²) in [5.41, 5.74) is 0. The summed E-state index contributed by atoms with van der Waals surface area (Å²) in [6.45, 7) is 12.0. The van der Waals surface area contributed by atoms with Crippen LogP contribution in [-0.2, 0) is 65.4 Å². The van der Waals surface area contributed by atoms with E-state index >= 15 is 0 Å². The lowest BCUT2D eigenvalue weighted by Gasteiger charge is -2.21. The van der Waals surface area contributed by atoms with Gasteiger partial charge in [-0.25, -0.2) is 9.13 Å². The number of rotatable bonds is 77. The maximum absolute atomic E-state index is 13.1. The van der Waals surface area contributed by atoms with E-state index in [1.165, 1.54) is 218 Å². The molecule has 0 saturated carbocycles. The fourth-order valence-corrected chi connectivity index (χ4v) is 13.6. The molecule has 17 nitrogen and oxygen atoms in total.